The summed E-state index contributed by atoms with van der Waals surface area (Å²) in [5.74, 6) is 0.670. The van der Waals surface area contributed by atoms with Crippen molar-refractivity contribution in [1.82, 2.24) is 4.57 Å². The molecule has 0 aromatic carbocycles. The normalized spacial score (nSPS) is 24.3. The second kappa shape index (κ2) is 8.01. The van der Waals surface area contributed by atoms with Gasteiger partial charge in [0.25, 0.3) is 11.2 Å². The molecule has 1 aliphatic rings. The largest absolute Gasteiger partial charge is 0.461 e. The predicted octanol–water partition coefficient (Wildman–Crippen LogP) is 3.63. The van der Waals surface area contributed by atoms with Crippen molar-refractivity contribution in [3.63, 3.8) is 0 Å². The number of rotatable bonds is 5. The molecule has 4 unspecified atom stereocenters. The number of ether oxygens (including phenoxy) is 1. The van der Waals surface area contributed by atoms with Gasteiger partial charge in [0, 0.05) is 12.1 Å². The van der Waals surface area contributed by atoms with E-state index < -0.39 is 22.5 Å². The summed E-state index contributed by atoms with van der Waals surface area (Å²) < 4.78 is 6.94. The summed E-state index contributed by atoms with van der Waals surface area (Å²) in [6, 6.07) is 1.38. The van der Waals surface area contributed by atoms with Crippen LogP contribution in [0.2, 0.25) is 0 Å². The minimum Gasteiger partial charge on any atom is -0.461 e. The van der Waals surface area contributed by atoms with Gasteiger partial charge in [-0.25, -0.2) is 4.79 Å². The van der Waals surface area contributed by atoms with Crippen LogP contribution in [0.15, 0.2) is 16.9 Å². The van der Waals surface area contributed by atoms with Crippen molar-refractivity contribution in [3.05, 3.63) is 38.3 Å². The maximum atomic E-state index is 12.7. The van der Waals surface area contributed by atoms with Crippen LogP contribution in [0.25, 0.3) is 0 Å². The molecular weight excluding hydrogens is 336 g/mol. The van der Waals surface area contributed by atoms with Crippen LogP contribution in [0.3, 0.4) is 0 Å². The number of esters is 1. The Morgan fingerprint density at radius 2 is 1.96 bits per heavy atom. The van der Waals surface area contributed by atoms with E-state index in [9.17, 15) is 19.7 Å². The molecule has 26 heavy (non-hydrogen) atoms. The molecule has 0 spiro atoms. The topological polar surface area (TPSA) is 91.4 Å². The number of carbonyl (C=O) groups excluding carboxylic acids is 1. The Hall–Kier alpha value is -2.18. The predicted molar refractivity (Wildman–Crippen MR) is 98.0 cm³/mol. The first-order valence-electron chi connectivity index (χ1n) is 9.20. The Morgan fingerprint density at radius 1 is 1.31 bits per heavy atom. The summed E-state index contributed by atoms with van der Waals surface area (Å²) in [4.78, 5) is 35.5. The Morgan fingerprint density at radius 3 is 2.54 bits per heavy atom. The summed E-state index contributed by atoms with van der Waals surface area (Å²) in [5.41, 5.74) is -0.477. The van der Waals surface area contributed by atoms with Gasteiger partial charge in [0.1, 0.15) is 12.1 Å². The van der Waals surface area contributed by atoms with E-state index in [1.54, 1.807) is 6.92 Å². The third-order valence-corrected chi connectivity index (χ3v) is 5.51. The molecule has 2 rings (SSSR count). The molecule has 0 N–H and O–H groups in total. The number of nitro groups is 1. The van der Waals surface area contributed by atoms with E-state index in [1.165, 1.54) is 13.0 Å². The average molecular weight is 364 g/mol. The second-order valence-electron chi connectivity index (χ2n) is 7.75. The SMILES string of the molecule is Cc1c([N+](=O)[O-])ccc(=O)n1C(C)C(=O)OC1CC(C)CCC1C(C)C. The maximum absolute atomic E-state index is 12.7. The van der Waals surface area contributed by atoms with E-state index in [0.29, 0.717) is 17.8 Å². The van der Waals surface area contributed by atoms with Crippen LogP contribution in [0, 0.1) is 34.8 Å². The number of carbonyl (C=O) groups is 1. The molecule has 1 aromatic rings. The zero-order valence-corrected chi connectivity index (χ0v) is 16.1. The first kappa shape index (κ1) is 20.1. The van der Waals surface area contributed by atoms with Gasteiger partial charge in [-0.2, -0.15) is 0 Å². The van der Waals surface area contributed by atoms with Crippen LogP contribution in [-0.4, -0.2) is 21.6 Å². The van der Waals surface area contributed by atoms with E-state index in [-0.39, 0.29) is 17.5 Å². The number of pyridine rings is 1. The van der Waals surface area contributed by atoms with Crippen LogP contribution in [0.4, 0.5) is 5.69 Å². The van der Waals surface area contributed by atoms with Gasteiger partial charge >= 0.3 is 5.97 Å². The molecule has 1 aliphatic carbocycles. The molecular formula is C19H28N2O5. The highest BCUT2D eigenvalue weighted by Gasteiger charge is 2.35. The van der Waals surface area contributed by atoms with Crippen molar-refractivity contribution in [2.24, 2.45) is 17.8 Å². The van der Waals surface area contributed by atoms with Gasteiger partial charge < -0.3 is 4.74 Å². The van der Waals surface area contributed by atoms with Crippen molar-refractivity contribution in [2.45, 2.75) is 66.0 Å². The fourth-order valence-electron chi connectivity index (χ4n) is 3.92. The van der Waals surface area contributed by atoms with Gasteiger partial charge in [0.15, 0.2) is 0 Å². The minimum absolute atomic E-state index is 0.157. The van der Waals surface area contributed by atoms with Crippen molar-refractivity contribution in [3.8, 4) is 0 Å². The lowest BCUT2D eigenvalue weighted by Gasteiger charge is -2.37. The summed E-state index contributed by atoms with van der Waals surface area (Å²) in [6.07, 6.45) is 2.77. The van der Waals surface area contributed by atoms with Crippen molar-refractivity contribution in [1.29, 1.82) is 0 Å². The zero-order valence-electron chi connectivity index (χ0n) is 16.1. The quantitative estimate of drug-likeness (QED) is 0.452. The van der Waals surface area contributed by atoms with E-state index in [4.69, 9.17) is 4.74 Å². The Kier molecular flexibility index (Phi) is 6.21. The molecule has 0 aliphatic heterocycles. The van der Waals surface area contributed by atoms with Gasteiger partial charge in [0.2, 0.25) is 0 Å². The molecule has 1 saturated carbocycles. The smallest absolute Gasteiger partial charge is 0.329 e. The summed E-state index contributed by atoms with van der Waals surface area (Å²) in [5, 5.41) is 11.1. The molecule has 1 aromatic heterocycles. The van der Waals surface area contributed by atoms with Gasteiger partial charge in [-0.1, -0.05) is 27.2 Å². The first-order valence-corrected chi connectivity index (χ1v) is 9.20. The third kappa shape index (κ3) is 4.14. The molecule has 0 saturated heterocycles. The highest BCUT2D eigenvalue weighted by molar-refractivity contribution is 5.74. The summed E-state index contributed by atoms with van der Waals surface area (Å²) in [6.45, 7) is 9.43. The molecule has 0 amide bonds. The third-order valence-electron chi connectivity index (χ3n) is 5.51. The van der Waals surface area contributed by atoms with E-state index >= 15 is 0 Å². The van der Waals surface area contributed by atoms with Crippen molar-refractivity contribution < 1.29 is 14.5 Å². The van der Waals surface area contributed by atoms with Gasteiger partial charge in [0.05, 0.1) is 10.6 Å². The van der Waals surface area contributed by atoms with Gasteiger partial charge in [-0.3, -0.25) is 19.5 Å². The Balaban J connectivity index is 2.26. The standard InChI is InChI=1S/C19H28N2O5/c1-11(2)15-7-6-12(3)10-17(15)26-19(23)14(5)20-13(4)16(21(24)25)8-9-18(20)22/h8-9,11-12,14-15,17H,6-7,10H2,1-5H3. The monoisotopic (exact) mass is 364 g/mol. The average Bonchev–Trinajstić information content (AvgIpc) is 2.54. The van der Waals surface area contributed by atoms with E-state index in [2.05, 4.69) is 20.8 Å². The van der Waals surface area contributed by atoms with Crippen LogP contribution in [0.5, 0.6) is 0 Å². The summed E-state index contributed by atoms with van der Waals surface area (Å²) in [7, 11) is 0. The first-order chi connectivity index (χ1) is 12.1. The molecule has 7 nitrogen and oxygen atoms in total. The van der Waals surface area contributed by atoms with Crippen LogP contribution in [0.1, 0.15) is 58.7 Å². The fourth-order valence-corrected chi connectivity index (χ4v) is 3.92. The van der Waals surface area contributed by atoms with Crippen LogP contribution >= 0.6 is 0 Å². The number of hydrogen-bond acceptors (Lipinski definition) is 5. The molecule has 0 bridgehead atoms. The molecule has 1 fully saturated rings. The van der Waals surface area contributed by atoms with E-state index in [1.807, 2.05) is 0 Å². The zero-order chi connectivity index (χ0) is 19.6. The van der Waals surface area contributed by atoms with Crippen LogP contribution < -0.4 is 5.56 Å². The highest BCUT2D eigenvalue weighted by atomic mass is 16.6. The van der Waals surface area contributed by atoms with E-state index in [0.717, 1.165) is 29.9 Å². The minimum atomic E-state index is -0.910. The van der Waals surface area contributed by atoms with Gasteiger partial charge in [-0.15, -0.1) is 0 Å². The van der Waals surface area contributed by atoms with Crippen LogP contribution in [-0.2, 0) is 9.53 Å². The lowest BCUT2D eigenvalue weighted by Crippen LogP contribution is -2.39. The van der Waals surface area contributed by atoms with Gasteiger partial charge in [-0.05, 0) is 44.4 Å². The van der Waals surface area contributed by atoms with Crippen molar-refractivity contribution >= 4 is 11.7 Å². The molecule has 4 atom stereocenters. The Bertz CT molecular complexity index is 740. The Labute approximate surface area is 153 Å². The summed E-state index contributed by atoms with van der Waals surface area (Å²) >= 11 is 0. The maximum Gasteiger partial charge on any atom is 0.329 e. The number of aromatic nitrogens is 1. The fraction of sp³-hybridized carbons (Fsp3) is 0.684. The molecule has 7 heteroatoms. The highest BCUT2D eigenvalue weighted by Crippen LogP contribution is 2.36. The lowest BCUT2D eigenvalue weighted by molar-refractivity contribution is -0.386. The number of nitrogens with zero attached hydrogens (tertiary/aromatic N) is 2. The molecule has 1 heterocycles. The molecule has 0 radical (unpaired) electrons. The second-order valence-corrected chi connectivity index (χ2v) is 7.75. The lowest BCUT2D eigenvalue weighted by atomic mass is 9.75. The number of hydrogen-bond donors (Lipinski definition) is 0. The molecule has 144 valence electrons. The van der Waals surface area contributed by atoms with Crippen molar-refractivity contribution in [2.75, 3.05) is 0 Å².